The molecule has 2 aromatic heterocycles. The number of hydrogen-bond donors (Lipinski definition) is 1. The van der Waals surface area contributed by atoms with E-state index in [9.17, 15) is 4.79 Å². The summed E-state index contributed by atoms with van der Waals surface area (Å²) >= 11 is 1.64. The van der Waals surface area contributed by atoms with E-state index >= 15 is 0 Å². The van der Waals surface area contributed by atoms with E-state index in [1.165, 1.54) is 0 Å². The van der Waals surface area contributed by atoms with E-state index in [0.717, 1.165) is 23.5 Å². The molecule has 0 atom stereocenters. The maximum Gasteiger partial charge on any atom is 0.339 e. The van der Waals surface area contributed by atoms with E-state index in [0.29, 0.717) is 12.2 Å². The molecule has 0 bridgehead atoms. The molecule has 0 aliphatic rings. The number of aromatic nitrogens is 3. The third-order valence-corrected chi connectivity index (χ3v) is 3.52. The van der Waals surface area contributed by atoms with Crippen molar-refractivity contribution in [2.45, 2.75) is 33.2 Å². The largest absolute Gasteiger partial charge is 0.478 e. The highest BCUT2D eigenvalue weighted by Crippen LogP contribution is 2.13. The third kappa shape index (κ3) is 2.76. The van der Waals surface area contributed by atoms with Gasteiger partial charge in [-0.3, -0.25) is 4.68 Å². The second-order valence-corrected chi connectivity index (χ2v) is 5.06. The highest BCUT2D eigenvalue weighted by atomic mass is 32.1. The summed E-state index contributed by atoms with van der Waals surface area (Å²) in [7, 11) is 0. The van der Waals surface area contributed by atoms with E-state index in [1.807, 2.05) is 5.38 Å². The highest BCUT2D eigenvalue weighted by molar-refractivity contribution is 7.09. The number of carboxylic acid groups (broad SMARTS) is 1. The lowest BCUT2D eigenvalue weighted by Crippen LogP contribution is -2.01. The Balaban J connectivity index is 2.13. The fourth-order valence-electron chi connectivity index (χ4n) is 1.73. The maximum atomic E-state index is 10.9. The molecule has 2 rings (SSSR count). The van der Waals surface area contributed by atoms with Crippen LogP contribution in [0.2, 0.25) is 0 Å². The third-order valence-electron chi connectivity index (χ3n) is 2.56. The molecule has 0 saturated carbocycles. The van der Waals surface area contributed by atoms with Crippen LogP contribution in [0.25, 0.3) is 0 Å². The smallest absolute Gasteiger partial charge is 0.339 e. The summed E-state index contributed by atoms with van der Waals surface area (Å²) in [5.41, 5.74) is 1.72. The minimum Gasteiger partial charge on any atom is -0.478 e. The van der Waals surface area contributed by atoms with E-state index in [1.54, 1.807) is 29.1 Å². The van der Waals surface area contributed by atoms with Crippen molar-refractivity contribution in [3.05, 3.63) is 33.5 Å². The molecule has 0 aromatic carbocycles. The number of aromatic carboxylic acids is 1. The molecule has 0 saturated heterocycles. The van der Waals surface area contributed by atoms with Crippen LogP contribution in [0.15, 0.2) is 11.6 Å². The van der Waals surface area contributed by atoms with Crippen molar-refractivity contribution >= 4 is 17.3 Å². The van der Waals surface area contributed by atoms with Gasteiger partial charge in [-0.2, -0.15) is 5.10 Å². The van der Waals surface area contributed by atoms with Crippen molar-refractivity contribution in [1.82, 2.24) is 14.8 Å². The standard InChI is InChI=1S/C12H15N3O2S/c1-3-4-11-13-9(7-18-11)5-15-6-10(12(16)17)8(2)14-15/h6-7H,3-5H2,1-2H3,(H,16,17). The molecule has 6 heteroatoms. The summed E-state index contributed by atoms with van der Waals surface area (Å²) in [4.78, 5) is 15.4. The van der Waals surface area contributed by atoms with Crippen LogP contribution in [0.1, 0.15) is 40.1 Å². The molecule has 2 heterocycles. The van der Waals surface area contributed by atoms with Gasteiger partial charge in [0.2, 0.25) is 0 Å². The Labute approximate surface area is 109 Å². The number of rotatable bonds is 5. The molecule has 0 radical (unpaired) electrons. The molecule has 2 aromatic rings. The monoisotopic (exact) mass is 265 g/mol. The lowest BCUT2D eigenvalue weighted by Gasteiger charge is -1.96. The van der Waals surface area contributed by atoms with E-state index in [4.69, 9.17) is 5.11 Å². The van der Waals surface area contributed by atoms with Gasteiger partial charge in [-0.25, -0.2) is 9.78 Å². The topological polar surface area (TPSA) is 68.0 Å². The molecule has 1 N–H and O–H groups in total. The van der Waals surface area contributed by atoms with Crippen LogP contribution in [0.5, 0.6) is 0 Å². The number of hydrogen-bond acceptors (Lipinski definition) is 4. The number of carboxylic acids is 1. The predicted octanol–water partition coefficient (Wildman–Crippen LogP) is 2.35. The van der Waals surface area contributed by atoms with Crippen LogP contribution in [0.3, 0.4) is 0 Å². The van der Waals surface area contributed by atoms with Gasteiger partial charge in [0.15, 0.2) is 0 Å². The molecule has 0 spiro atoms. The van der Waals surface area contributed by atoms with Crippen molar-refractivity contribution in [2.24, 2.45) is 0 Å². The number of thiazole rings is 1. The van der Waals surface area contributed by atoms with Gasteiger partial charge < -0.3 is 5.11 Å². The lowest BCUT2D eigenvalue weighted by molar-refractivity contribution is 0.0696. The van der Waals surface area contributed by atoms with Crippen molar-refractivity contribution in [2.75, 3.05) is 0 Å². The fourth-order valence-corrected chi connectivity index (χ4v) is 2.62. The molecule has 0 amide bonds. The maximum absolute atomic E-state index is 10.9. The molecule has 0 fully saturated rings. The van der Waals surface area contributed by atoms with E-state index in [2.05, 4.69) is 17.0 Å². The van der Waals surface area contributed by atoms with Crippen molar-refractivity contribution in [3.8, 4) is 0 Å². The summed E-state index contributed by atoms with van der Waals surface area (Å²) in [6.07, 6.45) is 3.62. The van der Waals surface area contributed by atoms with Crippen LogP contribution >= 0.6 is 11.3 Å². The molecule has 18 heavy (non-hydrogen) atoms. The molecule has 0 aliphatic heterocycles. The second-order valence-electron chi connectivity index (χ2n) is 4.11. The van der Waals surface area contributed by atoms with Gasteiger partial charge in [0.25, 0.3) is 0 Å². The zero-order chi connectivity index (χ0) is 13.1. The number of nitrogens with zero attached hydrogens (tertiary/aromatic N) is 3. The summed E-state index contributed by atoms with van der Waals surface area (Å²) < 4.78 is 1.63. The summed E-state index contributed by atoms with van der Waals surface area (Å²) in [6.45, 7) is 4.34. The quantitative estimate of drug-likeness (QED) is 0.901. The normalized spacial score (nSPS) is 10.8. The molecular weight excluding hydrogens is 250 g/mol. The first-order valence-corrected chi connectivity index (χ1v) is 6.68. The SMILES string of the molecule is CCCc1nc(Cn2cc(C(=O)O)c(C)n2)cs1. The van der Waals surface area contributed by atoms with Gasteiger partial charge in [-0.15, -0.1) is 11.3 Å². The number of aryl methyl sites for hydroxylation is 2. The Morgan fingerprint density at radius 2 is 2.33 bits per heavy atom. The summed E-state index contributed by atoms with van der Waals surface area (Å²) in [5, 5.41) is 16.3. The first-order valence-electron chi connectivity index (χ1n) is 5.80. The average molecular weight is 265 g/mol. The fraction of sp³-hybridized carbons (Fsp3) is 0.417. The summed E-state index contributed by atoms with van der Waals surface area (Å²) in [6, 6.07) is 0. The average Bonchev–Trinajstić information content (AvgIpc) is 2.87. The van der Waals surface area contributed by atoms with Gasteiger partial charge in [0.05, 0.1) is 22.9 Å². The second kappa shape index (κ2) is 5.30. The van der Waals surface area contributed by atoms with Gasteiger partial charge in [0, 0.05) is 11.6 Å². The minimum absolute atomic E-state index is 0.249. The van der Waals surface area contributed by atoms with Crippen molar-refractivity contribution < 1.29 is 9.90 Å². The Kier molecular flexibility index (Phi) is 3.76. The first kappa shape index (κ1) is 12.8. The van der Waals surface area contributed by atoms with Crippen LogP contribution in [0, 0.1) is 6.92 Å². The minimum atomic E-state index is -0.941. The van der Waals surface area contributed by atoms with Crippen LogP contribution < -0.4 is 0 Å². The molecule has 0 unspecified atom stereocenters. The lowest BCUT2D eigenvalue weighted by atomic mass is 10.3. The molecule has 5 nitrogen and oxygen atoms in total. The van der Waals surface area contributed by atoms with Crippen molar-refractivity contribution in [1.29, 1.82) is 0 Å². The first-order chi connectivity index (χ1) is 8.60. The van der Waals surface area contributed by atoms with Crippen LogP contribution in [-0.4, -0.2) is 25.8 Å². The van der Waals surface area contributed by atoms with Gasteiger partial charge in [-0.05, 0) is 19.8 Å². The Bertz CT molecular complexity index is 559. The molecular formula is C12H15N3O2S. The zero-order valence-corrected chi connectivity index (χ0v) is 11.2. The molecule has 96 valence electrons. The van der Waals surface area contributed by atoms with E-state index in [-0.39, 0.29) is 5.56 Å². The zero-order valence-electron chi connectivity index (χ0n) is 10.4. The van der Waals surface area contributed by atoms with Gasteiger partial charge in [0.1, 0.15) is 5.56 Å². The summed E-state index contributed by atoms with van der Waals surface area (Å²) in [5.74, 6) is -0.941. The Morgan fingerprint density at radius 3 is 2.94 bits per heavy atom. The Hall–Kier alpha value is -1.69. The highest BCUT2D eigenvalue weighted by Gasteiger charge is 2.12. The predicted molar refractivity (Wildman–Crippen MR) is 69.1 cm³/mol. The van der Waals surface area contributed by atoms with Crippen LogP contribution in [-0.2, 0) is 13.0 Å². The Morgan fingerprint density at radius 1 is 1.56 bits per heavy atom. The van der Waals surface area contributed by atoms with Crippen LogP contribution in [0.4, 0.5) is 0 Å². The number of carbonyl (C=O) groups is 1. The molecule has 0 aliphatic carbocycles. The van der Waals surface area contributed by atoms with Crippen molar-refractivity contribution in [3.63, 3.8) is 0 Å². The van der Waals surface area contributed by atoms with Gasteiger partial charge >= 0.3 is 5.97 Å². The van der Waals surface area contributed by atoms with Gasteiger partial charge in [-0.1, -0.05) is 6.92 Å². The van der Waals surface area contributed by atoms with E-state index < -0.39 is 5.97 Å².